The predicted octanol–water partition coefficient (Wildman–Crippen LogP) is 0.760. The molecule has 76 valence electrons. The summed E-state index contributed by atoms with van der Waals surface area (Å²) in [7, 11) is 1.35. The molecule has 0 unspecified atom stereocenters. The largest absolute Gasteiger partial charge is 0.464 e. The average Bonchev–Trinajstić information content (AvgIpc) is 2.25. The molecule has 0 saturated heterocycles. The van der Waals surface area contributed by atoms with Crippen molar-refractivity contribution in [2.45, 2.75) is 12.8 Å². The van der Waals surface area contributed by atoms with Gasteiger partial charge in [0, 0.05) is 6.20 Å². The molecule has 4 nitrogen and oxygen atoms in total. The van der Waals surface area contributed by atoms with Crippen molar-refractivity contribution in [3.63, 3.8) is 0 Å². The number of carbonyl (C=O) groups is 1. The minimum atomic E-state index is -0.391. The van der Waals surface area contributed by atoms with Gasteiger partial charge in [-0.05, 0) is 31.0 Å². The Bertz CT molecular complexity index is 313. The smallest absolute Gasteiger partial charge is 0.356 e. The van der Waals surface area contributed by atoms with E-state index in [4.69, 9.17) is 5.73 Å². The Morgan fingerprint density at radius 2 is 2.43 bits per heavy atom. The molecule has 0 aromatic carbocycles. The van der Waals surface area contributed by atoms with Crippen molar-refractivity contribution in [1.82, 2.24) is 4.98 Å². The molecular formula is C10H14N2O2. The highest BCUT2D eigenvalue weighted by molar-refractivity contribution is 5.88. The molecule has 0 atom stereocenters. The Morgan fingerprint density at radius 3 is 3.07 bits per heavy atom. The van der Waals surface area contributed by atoms with Crippen LogP contribution >= 0.6 is 0 Å². The van der Waals surface area contributed by atoms with E-state index in [1.165, 1.54) is 7.11 Å². The molecule has 2 N–H and O–H groups in total. The maximum absolute atomic E-state index is 11.3. The lowest BCUT2D eigenvalue weighted by Crippen LogP contribution is -2.09. The van der Waals surface area contributed by atoms with Crippen LogP contribution in [-0.4, -0.2) is 24.6 Å². The normalized spacial score (nSPS) is 9.86. The number of methoxy groups -OCH3 is 1. The van der Waals surface area contributed by atoms with Crippen LogP contribution in [0.2, 0.25) is 0 Å². The Balaban J connectivity index is 2.85. The van der Waals surface area contributed by atoms with Crippen LogP contribution in [0.5, 0.6) is 0 Å². The van der Waals surface area contributed by atoms with Crippen LogP contribution in [0.25, 0.3) is 0 Å². The molecule has 14 heavy (non-hydrogen) atoms. The van der Waals surface area contributed by atoms with Gasteiger partial charge in [-0.25, -0.2) is 9.78 Å². The number of nitrogens with zero attached hydrogens (tertiary/aromatic N) is 1. The number of hydrogen-bond donors (Lipinski definition) is 1. The highest BCUT2D eigenvalue weighted by atomic mass is 16.5. The van der Waals surface area contributed by atoms with Gasteiger partial charge in [-0.3, -0.25) is 0 Å². The first-order chi connectivity index (χ1) is 6.79. The first kappa shape index (κ1) is 10.7. The molecule has 0 radical (unpaired) electrons. The molecule has 1 aromatic rings. The van der Waals surface area contributed by atoms with Gasteiger partial charge in [-0.1, -0.05) is 6.07 Å². The van der Waals surface area contributed by atoms with Crippen LogP contribution in [0.4, 0.5) is 0 Å². The first-order valence-corrected chi connectivity index (χ1v) is 4.52. The van der Waals surface area contributed by atoms with Crippen molar-refractivity contribution in [2.24, 2.45) is 5.73 Å². The molecule has 0 aliphatic rings. The standard InChI is InChI=1S/C10H14N2O2/c1-14-10(13)9-8(4-2-6-11)5-3-7-12-9/h3,5,7H,2,4,6,11H2,1H3. The van der Waals surface area contributed by atoms with Gasteiger partial charge in [0.25, 0.3) is 0 Å². The lowest BCUT2D eigenvalue weighted by atomic mass is 10.1. The number of aryl methyl sites for hydroxylation is 1. The Hall–Kier alpha value is -1.42. The van der Waals surface area contributed by atoms with Gasteiger partial charge < -0.3 is 10.5 Å². The highest BCUT2D eigenvalue weighted by Gasteiger charge is 2.11. The van der Waals surface area contributed by atoms with E-state index in [0.717, 1.165) is 18.4 Å². The third-order valence-corrected chi connectivity index (χ3v) is 1.92. The van der Waals surface area contributed by atoms with Gasteiger partial charge >= 0.3 is 5.97 Å². The zero-order valence-electron chi connectivity index (χ0n) is 8.19. The van der Waals surface area contributed by atoms with Crippen LogP contribution in [0, 0.1) is 0 Å². The number of rotatable bonds is 4. The van der Waals surface area contributed by atoms with E-state index in [2.05, 4.69) is 9.72 Å². The second kappa shape index (κ2) is 5.34. The molecular weight excluding hydrogens is 180 g/mol. The van der Waals surface area contributed by atoms with E-state index in [-0.39, 0.29) is 0 Å². The lowest BCUT2D eigenvalue weighted by molar-refractivity contribution is 0.0592. The maximum Gasteiger partial charge on any atom is 0.356 e. The van der Waals surface area contributed by atoms with Crippen LogP contribution in [0.15, 0.2) is 18.3 Å². The molecule has 0 bridgehead atoms. The summed E-state index contributed by atoms with van der Waals surface area (Å²) < 4.78 is 4.62. The van der Waals surface area contributed by atoms with Crippen molar-refractivity contribution in [2.75, 3.05) is 13.7 Å². The third kappa shape index (κ3) is 2.53. The molecule has 0 amide bonds. The van der Waals surface area contributed by atoms with E-state index in [9.17, 15) is 4.79 Å². The van der Waals surface area contributed by atoms with Gasteiger partial charge in [0.05, 0.1) is 7.11 Å². The number of pyridine rings is 1. The van der Waals surface area contributed by atoms with Gasteiger partial charge in [-0.2, -0.15) is 0 Å². The summed E-state index contributed by atoms with van der Waals surface area (Å²) in [5.74, 6) is -0.391. The van der Waals surface area contributed by atoms with Crippen molar-refractivity contribution >= 4 is 5.97 Å². The molecule has 0 fully saturated rings. The van der Waals surface area contributed by atoms with Crippen LogP contribution in [0.1, 0.15) is 22.5 Å². The quantitative estimate of drug-likeness (QED) is 0.719. The number of carbonyl (C=O) groups excluding carboxylic acids is 1. The van der Waals surface area contributed by atoms with E-state index >= 15 is 0 Å². The van der Waals surface area contributed by atoms with Gasteiger partial charge in [0.15, 0.2) is 5.69 Å². The molecule has 0 aliphatic carbocycles. The van der Waals surface area contributed by atoms with Crippen molar-refractivity contribution in [3.8, 4) is 0 Å². The first-order valence-electron chi connectivity index (χ1n) is 4.52. The maximum atomic E-state index is 11.3. The zero-order valence-corrected chi connectivity index (χ0v) is 8.19. The fraction of sp³-hybridized carbons (Fsp3) is 0.400. The number of esters is 1. The minimum absolute atomic E-state index is 0.391. The molecule has 0 aliphatic heterocycles. The fourth-order valence-electron chi connectivity index (χ4n) is 1.21. The molecule has 1 heterocycles. The SMILES string of the molecule is COC(=O)c1ncccc1CCCN. The van der Waals surface area contributed by atoms with E-state index in [0.29, 0.717) is 12.2 Å². The second-order valence-corrected chi connectivity index (χ2v) is 2.89. The summed E-state index contributed by atoms with van der Waals surface area (Å²) in [6, 6.07) is 3.67. The number of ether oxygens (including phenoxy) is 1. The summed E-state index contributed by atoms with van der Waals surface area (Å²) in [5, 5.41) is 0. The fourth-order valence-corrected chi connectivity index (χ4v) is 1.21. The third-order valence-electron chi connectivity index (χ3n) is 1.92. The van der Waals surface area contributed by atoms with Crippen molar-refractivity contribution < 1.29 is 9.53 Å². The van der Waals surface area contributed by atoms with Gasteiger partial charge in [0.2, 0.25) is 0 Å². The molecule has 1 rings (SSSR count). The second-order valence-electron chi connectivity index (χ2n) is 2.89. The van der Waals surface area contributed by atoms with Crippen LogP contribution < -0.4 is 5.73 Å². The van der Waals surface area contributed by atoms with Crippen molar-refractivity contribution in [3.05, 3.63) is 29.6 Å². The lowest BCUT2D eigenvalue weighted by Gasteiger charge is -2.05. The van der Waals surface area contributed by atoms with Crippen molar-refractivity contribution in [1.29, 1.82) is 0 Å². The molecule has 0 saturated carbocycles. The summed E-state index contributed by atoms with van der Waals surface area (Å²) in [6.07, 6.45) is 3.18. The average molecular weight is 194 g/mol. The number of hydrogen-bond acceptors (Lipinski definition) is 4. The molecule has 1 aromatic heterocycles. The van der Waals surface area contributed by atoms with Crippen LogP contribution in [-0.2, 0) is 11.2 Å². The van der Waals surface area contributed by atoms with Crippen LogP contribution in [0.3, 0.4) is 0 Å². The molecule has 4 heteroatoms. The zero-order chi connectivity index (χ0) is 10.4. The minimum Gasteiger partial charge on any atom is -0.464 e. The van der Waals surface area contributed by atoms with Gasteiger partial charge in [0.1, 0.15) is 0 Å². The van der Waals surface area contributed by atoms with E-state index < -0.39 is 5.97 Å². The molecule has 0 spiro atoms. The topological polar surface area (TPSA) is 65.2 Å². The van der Waals surface area contributed by atoms with E-state index in [1.54, 1.807) is 12.3 Å². The Kier molecular flexibility index (Phi) is 4.07. The summed E-state index contributed by atoms with van der Waals surface area (Å²) in [5.41, 5.74) is 6.68. The summed E-state index contributed by atoms with van der Waals surface area (Å²) >= 11 is 0. The summed E-state index contributed by atoms with van der Waals surface area (Å²) in [4.78, 5) is 15.3. The monoisotopic (exact) mass is 194 g/mol. The van der Waals surface area contributed by atoms with E-state index in [1.807, 2.05) is 6.07 Å². The Labute approximate surface area is 83.1 Å². The number of nitrogens with two attached hydrogens (primary N) is 1. The highest BCUT2D eigenvalue weighted by Crippen LogP contribution is 2.08. The van der Waals surface area contributed by atoms with Gasteiger partial charge in [-0.15, -0.1) is 0 Å². The summed E-state index contributed by atoms with van der Waals surface area (Å²) in [6.45, 7) is 0.607. The Morgan fingerprint density at radius 1 is 1.64 bits per heavy atom. The predicted molar refractivity (Wildman–Crippen MR) is 53.0 cm³/mol. The number of aromatic nitrogens is 1.